The summed E-state index contributed by atoms with van der Waals surface area (Å²) in [6, 6.07) is 16.2. The Morgan fingerprint density at radius 1 is 1.08 bits per heavy atom. The first-order valence-corrected chi connectivity index (χ1v) is 14.2. The van der Waals surface area contributed by atoms with Crippen molar-refractivity contribution in [1.29, 1.82) is 0 Å². The predicted octanol–water partition coefficient (Wildman–Crippen LogP) is 4.07. The van der Waals surface area contributed by atoms with Gasteiger partial charge in [-0.05, 0) is 63.1 Å². The van der Waals surface area contributed by atoms with Gasteiger partial charge in [-0.25, -0.2) is 0 Å². The van der Waals surface area contributed by atoms with Crippen LogP contribution in [-0.2, 0) is 27.2 Å². The Kier molecular flexibility index (Phi) is 8.75. The first-order valence-electron chi connectivity index (χ1n) is 13.2. The molecule has 6 nitrogen and oxygen atoms in total. The maximum absolute atomic E-state index is 13.7. The summed E-state index contributed by atoms with van der Waals surface area (Å²) in [5.74, 6) is -0.337. The van der Waals surface area contributed by atoms with E-state index in [0.29, 0.717) is 25.1 Å². The molecule has 0 aromatic heterocycles. The van der Waals surface area contributed by atoms with Crippen molar-refractivity contribution in [3.8, 4) is 0 Å². The molecule has 2 aliphatic rings. The second-order valence-corrected chi connectivity index (χ2v) is 12.5. The molecule has 4 rings (SSSR count). The molecule has 2 aromatic carbocycles. The van der Waals surface area contributed by atoms with Gasteiger partial charge in [-0.1, -0.05) is 61.0 Å². The highest BCUT2D eigenvalue weighted by molar-refractivity contribution is 8.00. The molecule has 2 N–H and O–H groups in total. The molecule has 7 heteroatoms. The summed E-state index contributed by atoms with van der Waals surface area (Å²) in [5, 5.41) is 14.3. The van der Waals surface area contributed by atoms with E-state index < -0.39 is 28.8 Å². The van der Waals surface area contributed by atoms with Gasteiger partial charge in [0.2, 0.25) is 5.91 Å². The number of aliphatic hydroxyl groups is 1. The van der Waals surface area contributed by atoms with Crippen molar-refractivity contribution >= 4 is 29.4 Å². The van der Waals surface area contributed by atoms with Crippen molar-refractivity contribution in [1.82, 2.24) is 10.2 Å². The van der Waals surface area contributed by atoms with E-state index >= 15 is 0 Å². The van der Waals surface area contributed by atoms with Crippen LogP contribution >= 0.6 is 11.8 Å². The molecule has 1 saturated heterocycles. The van der Waals surface area contributed by atoms with Gasteiger partial charge >= 0.3 is 0 Å². The average Bonchev–Trinajstić information content (AvgIpc) is 3.16. The minimum Gasteiger partial charge on any atom is -0.381 e. The van der Waals surface area contributed by atoms with Gasteiger partial charge in [0.15, 0.2) is 11.9 Å². The van der Waals surface area contributed by atoms with E-state index in [4.69, 9.17) is 0 Å². The zero-order chi connectivity index (χ0) is 26.6. The Bertz CT molecular complexity index is 1120. The Morgan fingerprint density at radius 3 is 2.41 bits per heavy atom. The number of nitrogens with one attached hydrogen (secondary N) is 1. The molecule has 37 heavy (non-hydrogen) atoms. The fourth-order valence-corrected chi connectivity index (χ4v) is 6.39. The lowest BCUT2D eigenvalue weighted by Gasteiger charge is -2.34. The largest absolute Gasteiger partial charge is 0.381 e. The summed E-state index contributed by atoms with van der Waals surface area (Å²) >= 11 is 1.55. The van der Waals surface area contributed by atoms with Gasteiger partial charge in [-0.15, -0.1) is 11.8 Å². The van der Waals surface area contributed by atoms with Crippen LogP contribution in [0, 0.1) is 12.8 Å². The number of aryl methyl sites for hydroxylation is 2. The highest BCUT2D eigenvalue weighted by Gasteiger charge is 2.49. The third-order valence-corrected chi connectivity index (χ3v) is 9.15. The van der Waals surface area contributed by atoms with Crippen molar-refractivity contribution in [2.45, 2.75) is 82.2 Å². The summed E-state index contributed by atoms with van der Waals surface area (Å²) in [5.41, 5.74) is 3.19. The van der Waals surface area contributed by atoms with Gasteiger partial charge in [0.1, 0.15) is 6.04 Å². The van der Waals surface area contributed by atoms with E-state index in [2.05, 4.69) is 5.32 Å². The number of hydrogen-bond donors (Lipinski definition) is 2. The predicted molar refractivity (Wildman–Crippen MR) is 147 cm³/mol. The second-order valence-electron chi connectivity index (χ2n) is 10.9. The summed E-state index contributed by atoms with van der Waals surface area (Å²) in [7, 11) is 0. The molecule has 1 heterocycles. The number of thioether (sulfide) groups is 1. The van der Waals surface area contributed by atoms with Crippen LogP contribution in [-0.4, -0.2) is 56.4 Å². The minimum absolute atomic E-state index is 0.00286. The Hall–Kier alpha value is -2.64. The van der Waals surface area contributed by atoms with Crippen molar-refractivity contribution in [3.05, 3.63) is 71.3 Å². The molecule has 1 aliphatic carbocycles. The molecule has 2 aromatic rings. The Morgan fingerprint density at radius 2 is 1.76 bits per heavy atom. The number of ketones is 1. The lowest BCUT2D eigenvalue weighted by molar-refractivity contribution is -0.147. The normalized spacial score (nSPS) is 20.6. The molecule has 1 saturated carbocycles. The van der Waals surface area contributed by atoms with E-state index in [1.165, 1.54) is 4.90 Å². The SMILES string of the molecule is Cc1ccccc1CCC(=O)C1N(C(=O)[C@@H](O)C(Cc2ccccc2)NC(=O)C2CCC2)CSC1(C)C. The lowest BCUT2D eigenvalue weighted by Crippen LogP contribution is -2.57. The summed E-state index contributed by atoms with van der Waals surface area (Å²) < 4.78 is -0.470. The molecular formula is C30H38N2O4S. The third kappa shape index (κ3) is 6.44. The van der Waals surface area contributed by atoms with Crippen LogP contribution in [0.2, 0.25) is 0 Å². The van der Waals surface area contributed by atoms with E-state index in [-0.39, 0.29) is 17.6 Å². The second kappa shape index (κ2) is 11.8. The number of amides is 2. The molecule has 3 atom stereocenters. The minimum atomic E-state index is -1.44. The molecule has 2 fully saturated rings. The van der Waals surface area contributed by atoms with Crippen LogP contribution in [0.15, 0.2) is 54.6 Å². The van der Waals surface area contributed by atoms with Gasteiger partial charge in [0.25, 0.3) is 5.91 Å². The van der Waals surface area contributed by atoms with Gasteiger partial charge in [0.05, 0.1) is 11.9 Å². The molecule has 0 spiro atoms. The molecule has 0 bridgehead atoms. The zero-order valence-electron chi connectivity index (χ0n) is 22.0. The van der Waals surface area contributed by atoms with Crippen molar-refractivity contribution in [3.63, 3.8) is 0 Å². The van der Waals surface area contributed by atoms with Crippen molar-refractivity contribution < 1.29 is 19.5 Å². The topological polar surface area (TPSA) is 86.7 Å². The average molecular weight is 523 g/mol. The van der Waals surface area contributed by atoms with Crippen LogP contribution in [0.3, 0.4) is 0 Å². The molecule has 2 amide bonds. The van der Waals surface area contributed by atoms with Crippen molar-refractivity contribution in [2.75, 3.05) is 5.88 Å². The third-order valence-electron chi connectivity index (χ3n) is 7.77. The summed E-state index contributed by atoms with van der Waals surface area (Å²) in [6.45, 7) is 5.99. The van der Waals surface area contributed by atoms with Gasteiger partial charge in [-0.3, -0.25) is 14.4 Å². The number of aliphatic hydroxyl groups excluding tert-OH is 1. The first-order chi connectivity index (χ1) is 17.7. The van der Waals surface area contributed by atoms with E-state index in [1.54, 1.807) is 11.8 Å². The number of carbonyl (C=O) groups is 3. The zero-order valence-corrected chi connectivity index (χ0v) is 22.8. The maximum Gasteiger partial charge on any atom is 0.254 e. The number of benzene rings is 2. The Labute approximate surface area is 224 Å². The number of carbonyl (C=O) groups excluding carboxylic acids is 3. The quantitative estimate of drug-likeness (QED) is 0.491. The summed E-state index contributed by atoms with van der Waals surface area (Å²) in [6.07, 6.45) is 2.53. The maximum atomic E-state index is 13.7. The molecule has 198 valence electrons. The molecule has 2 unspecified atom stereocenters. The fraction of sp³-hybridized carbons (Fsp3) is 0.500. The van der Waals surface area contributed by atoms with E-state index in [0.717, 1.165) is 36.0 Å². The summed E-state index contributed by atoms with van der Waals surface area (Å²) in [4.78, 5) is 41.5. The van der Waals surface area contributed by atoms with Crippen molar-refractivity contribution in [2.24, 2.45) is 5.92 Å². The number of rotatable bonds is 10. The van der Waals surface area contributed by atoms with Gasteiger partial charge < -0.3 is 15.3 Å². The van der Waals surface area contributed by atoms with E-state index in [1.807, 2.05) is 75.4 Å². The smallest absolute Gasteiger partial charge is 0.254 e. The number of Topliss-reactive ketones (excluding diaryl/α,β-unsaturated/α-hetero) is 1. The van der Waals surface area contributed by atoms with Crippen LogP contribution in [0.4, 0.5) is 0 Å². The highest BCUT2D eigenvalue weighted by atomic mass is 32.2. The van der Waals surface area contributed by atoms with Crippen LogP contribution < -0.4 is 5.32 Å². The van der Waals surface area contributed by atoms with Crippen LogP contribution in [0.25, 0.3) is 0 Å². The monoisotopic (exact) mass is 522 g/mol. The van der Waals surface area contributed by atoms with Crippen LogP contribution in [0.1, 0.15) is 56.2 Å². The fourth-order valence-electron chi connectivity index (χ4n) is 5.22. The number of nitrogens with zero attached hydrogens (tertiary/aromatic N) is 1. The molecule has 0 radical (unpaired) electrons. The lowest BCUT2D eigenvalue weighted by atomic mass is 9.84. The van der Waals surface area contributed by atoms with Crippen LogP contribution in [0.5, 0.6) is 0 Å². The van der Waals surface area contributed by atoms with Gasteiger partial charge in [-0.2, -0.15) is 0 Å². The molecule has 1 aliphatic heterocycles. The van der Waals surface area contributed by atoms with Gasteiger partial charge in [0, 0.05) is 17.1 Å². The molecular weight excluding hydrogens is 484 g/mol. The first kappa shape index (κ1) is 27.4. The highest BCUT2D eigenvalue weighted by Crippen LogP contribution is 2.40. The Balaban J connectivity index is 1.50. The van der Waals surface area contributed by atoms with E-state index in [9.17, 15) is 19.5 Å². The number of hydrogen-bond acceptors (Lipinski definition) is 5. The standard InChI is InChI=1S/C30H38N2O4S/c1-20-10-7-8-13-22(20)16-17-25(33)27-30(2,3)37-19-32(27)29(36)26(34)24(18-21-11-5-4-6-12-21)31-28(35)23-14-9-15-23/h4-8,10-13,23-24,26-27,34H,9,14-19H2,1-3H3,(H,31,35)/t24?,26-,27?/m0/s1.